The molecule has 10 heteroatoms. The second-order valence-corrected chi connectivity index (χ2v) is 10.5. The lowest BCUT2D eigenvalue weighted by Gasteiger charge is -2.27. The van der Waals surface area contributed by atoms with E-state index in [1.165, 1.54) is 0 Å². The molecule has 1 heterocycles. The zero-order valence-corrected chi connectivity index (χ0v) is 21.8. The average Bonchev–Trinajstić information content (AvgIpc) is 3.28. The second-order valence-electron chi connectivity index (χ2n) is 9.48. The summed E-state index contributed by atoms with van der Waals surface area (Å²) in [5.74, 6) is -2.06. The number of aryl methyl sites for hydroxylation is 1. The lowest BCUT2D eigenvalue weighted by atomic mass is 9.99. The molecule has 4 N–H and O–H groups in total. The highest BCUT2D eigenvalue weighted by atomic mass is 32.2. The number of ether oxygens (including phenoxy) is 1. The summed E-state index contributed by atoms with van der Waals surface area (Å²) in [5.41, 5.74) is 6.31. The summed E-state index contributed by atoms with van der Waals surface area (Å²) in [6.45, 7) is 8.18. The Labute approximate surface area is 211 Å². The van der Waals surface area contributed by atoms with Gasteiger partial charge in [0.15, 0.2) is 0 Å². The van der Waals surface area contributed by atoms with E-state index in [9.17, 15) is 19.5 Å². The van der Waals surface area contributed by atoms with Gasteiger partial charge in [-0.15, -0.1) is 0 Å². The summed E-state index contributed by atoms with van der Waals surface area (Å²) >= 11 is 1.06. The number of carboxylic acid groups (broad SMARTS) is 1. The molecule has 0 aromatic heterocycles. The van der Waals surface area contributed by atoms with E-state index >= 15 is 0 Å². The second kappa shape index (κ2) is 13.6. The fourth-order valence-corrected chi connectivity index (χ4v) is 4.67. The number of unbranched alkanes of at least 4 members (excludes halogenated alkanes) is 1. The fourth-order valence-electron chi connectivity index (χ4n) is 3.62. The number of hydrogen-bond donors (Lipinski definition) is 3. The Bertz CT molecular complexity index is 888. The van der Waals surface area contributed by atoms with Gasteiger partial charge >= 0.3 is 11.9 Å². The van der Waals surface area contributed by atoms with Crippen LogP contribution in [0.2, 0.25) is 0 Å². The van der Waals surface area contributed by atoms with Crippen LogP contribution in [0.4, 0.5) is 0 Å². The molecule has 0 spiro atoms. The normalized spacial score (nSPS) is 17.6. The highest BCUT2D eigenvalue weighted by molar-refractivity contribution is 8.15. The molecule has 0 saturated heterocycles. The van der Waals surface area contributed by atoms with E-state index < -0.39 is 40.7 Å². The molecule has 1 aromatic rings. The van der Waals surface area contributed by atoms with Crippen LogP contribution in [-0.2, 0) is 25.5 Å². The van der Waals surface area contributed by atoms with Crippen molar-refractivity contribution in [2.24, 2.45) is 16.3 Å². The minimum Gasteiger partial charge on any atom is -0.479 e. The third kappa shape index (κ3) is 8.63. The first-order valence-corrected chi connectivity index (χ1v) is 12.9. The van der Waals surface area contributed by atoms with E-state index in [2.05, 4.69) is 10.4 Å². The molecule has 0 bridgehead atoms. The topological polar surface area (TPSA) is 134 Å². The highest BCUT2D eigenvalue weighted by Crippen LogP contribution is 2.36. The average molecular weight is 507 g/mol. The maximum absolute atomic E-state index is 13.6. The molecule has 2 rings (SSSR count). The summed E-state index contributed by atoms with van der Waals surface area (Å²) in [4.78, 5) is 38.3. The lowest BCUT2D eigenvalue weighted by Crippen LogP contribution is -2.53. The van der Waals surface area contributed by atoms with Gasteiger partial charge < -0.3 is 15.6 Å². The van der Waals surface area contributed by atoms with Gasteiger partial charge in [0, 0.05) is 5.41 Å². The van der Waals surface area contributed by atoms with Crippen molar-refractivity contribution in [3.8, 4) is 0 Å². The molecule has 1 aromatic carbocycles. The maximum Gasteiger partial charge on any atom is 0.339 e. The molecule has 194 valence electrons. The molecule has 0 saturated carbocycles. The Balaban J connectivity index is 2.28. The van der Waals surface area contributed by atoms with Gasteiger partial charge in [-0.1, -0.05) is 69.3 Å². The highest BCUT2D eigenvalue weighted by Gasteiger charge is 2.43. The number of carboxylic acids is 1. The smallest absolute Gasteiger partial charge is 0.339 e. The Kier molecular flexibility index (Phi) is 11.2. The number of aliphatic carboxylic acids is 1. The Morgan fingerprint density at radius 2 is 1.86 bits per heavy atom. The van der Waals surface area contributed by atoms with Crippen molar-refractivity contribution in [1.82, 2.24) is 10.3 Å². The molecule has 1 amide bonds. The molecule has 35 heavy (non-hydrogen) atoms. The third-order valence-corrected chi connectivity index (χ3v) is 7.05. The molecule has 0 aliphatic carbocycles. The minimum atomic E-state index is -1.15. The minimum absolute atomic E-state index is 0.219. The van der Waals surface area contributed by atoms with Gasteiger partial charge in [0.05, 0.1) is 12.6 Å². The van der Waals surface area contributed by atoms with E-state index in [0.29, 0.717) is 43.7 Å². The van der Waals surface area contributed by atoms with Crippen LogP contribution >= 0.6 is 11.8 Å². The predicted octanol–water partition coefficient (Wildman–Crippen LogP) is 2.98. The number of esters is 1. The first kappa shape index (κ1) is 28.8. The van der Waals surface area contributed by atoms with Crippen LogP contribution in [0.5, 0.6) is 0 Å². The number of hydrazone groups is 1. The van der Waals surface area contributed by atoms with Crippen molar-refractivity contribution in [2.75, 3.05) is 13.2 Å². The van der Waals surface area contributed by atoms with Gasteiger partial charge in [-0.2, -0.15) is 5.10 Å². The standard InChI is InChI=1S/C25H38N4O5S/c1-5-34-23(33)19(15-14-17-11-7-6-8-12-17)27-18(13-9-10-16-26)20(30)29-21(22(31)32)35-24(28-29)25(2,3)4/h6-8,11-12,18-19,21,27H,5,9-10,13-16,26H2,1-4H3,(H,31,32)/t18-,19-,21?/m0/s1. The van der Waals surface area contributed by atoms with Crippen LogP contribution < -0.4 is 11.1 Å². The molecular weight excluding hydrogens is 468 g/mol. The van der Waals surface area contributed by atoms with Crippen molar-refractivity contribution in [3.63, 3.8) is 0 Å². The molecule has 1 aliphatic heterocycles. The summed E-state index contributed by atoms with van der Waals surface area (Å²) in [5, 5.41) is 17.8. The summed E-state index contributed by atoms with van der Waals surface area (Å²) in [7, 11) is 0. The predicted molar refractivity (Wildman–Crippen MR) is 138 cm³/mol. The van der Waals surface area contributed by atoms with E-state index in [0.717, 1.165) is 22.3 Å². The van der Waals surface area contributed by atoms with E-state index in [4.69, 9.17) is 10.5 Å². The SMILES string of the molecule is CCOC(=O)[C@H](CCc1ccccc1)N[C@@H](CCCCN)C(=O)N1N=C(C(C)(C)C)SC1C(=O)O. The number of nitrogens with one attached hydrogen (secondary N) is 1. The van der Waals surface area contributed by atoms with Crippen LogP contribution in [0.25, 0.3) is 0 Å². The number of nitrogens with zero attached hydrogens (tertiary/aromatic N) is 2. The molecular formula is C25H38N4O5S. The van der Waals surface area contributed by atoms with Crippen molar-refractivity contribution in [1.29, 1.82) is 0 Å². The van der Waals surface area contributed by atoms with Crippen molar-refractivity contribution < 1.29 is 24.2 Å². The fraction of sp³-hybridized carbons (Fsp3) is 0.600. The number of carbonyl (C=O) groups excluding carboxylic acids is 2. The summed E-state index contributed by atoms with van der Waals surface area (Å²) in [6, 6.07) is 8.22. The first-order valence-electron chi connectivity index (χ1n) is 12.1. The Morgan fingerprint density at radius 1 is 1.17 bits per heavy atom. The van der Waals surface area contributed by atoms with Crippen LogP contribution in [0, 0.1) is 5.41 Å². The molecule has 0 fully saturated rings. The van der Waals surface area contributed by atoms with Crippen LogP contribution in [0.3, 0.4) is 0 Å². The summed E-state index contributed by atoms with van der Waals surface area (Å²) in [6.07, 6.45) is 2.78. The van der Waals surface area contributed by atoms with E-state index in [1.807, 2.05) is 51.1 Å². The zero-order chi connectivity index (χ0) is 26.0. The zero-order valence-electron chi connectivity index (χ0n) is 21.0. The van der Waals surface area contributed by atoms with Gasteiger partial charge in [0.1, 0.15) is 11.1 Å². The number of nitrogens with two attached hydrogens (primary N) is 1. The van der Waals surface area contributed by atoms with Crippen molar-refractivity contribution in [3.05, 3.63) is 35.9 Å². The van der Waals surface area contributed by atoms with E-state index in [1.54, 1.807) is 6.92 Å². The van der Waals surface area contributed by atoms with Crippen LogP contribution in [0.15, 0.2) is 35.4 Å². The van der Waals surface area contributed by atoms with Gasteiger partial charge in [0.2, 0.25) is 5.37 Å². The van der Waals surface area contributed by atoms with Gasteiger partial charge in [-0.3, -0.25) is 14.9 Å². The lowest BCUT2D eigenvalue weighted by molar-refractivity contribution is -0.149. The number of hydrogen-bond acceptors (Lipinski definition) is 8. The van der Waals surface area contributed by atoms with Gasteiger partial charge in [-0.25, -0.2) is 9.80 Å². The van der Waals surface area contributed by atoms with Crippen molar-refractivity contribution in [2.45, 2.75) is 77.3 Å². The molecule has 3 atom stereocenters. The quantitative estimate of drug-likeness (QED) is 0.275. The number of carbonyl (C=O) groups is 3. The monoisotopic (exact) mass is 506 g/mol. The molecule has 1 unspecified atom stereocenters. The van der Waals surface area contributed by atoms with Gasteiger partial charge in [-0.05, 0) is 44.7 Å². The van der Waals surface area contributed by atoms with Gasteiger partial charge in [0.25, 0.3) is 5.91 Å². The van der Waals surface area contributed by atoms with Crippen LogP contribution in [-0.4, -0.2) is 63.6 Å². The number of rotatable bonds is 13. The largest absolute Gasteiger partial charge is 0.479 e. The Morgan fingerprint density at radius 3 is 2.43 bits per heavy atom. The molecule has 9 nitrogen and oxygen atoms in total. The first-order chi connectivity index (χ1) is 16.6. The third-order valence-electron chi connectivity index (χ3n) is 5.51. The number of benzene rings is 1. The molecule has 1 aliphatic rings. The Hall–Kier alpha value is -2.43. The summed E-state index contributed by atoms with van der Waals surface area (Å²) < 4.78 is 5.27. The van der Waals surface area contributed by atoms with Crippen LogP contribution in [0.1, 0.15) is 58.9 Å². The number of thioether (sulfide) groups is 1. The van der Waals surface area contributed by atoms with Crippen molar-refractivity contribution >= 4 is 34.7 Å². The number of amides is 1. The maximum atomic E-state index is 13.6. The van der Waals surface area contributed by atoms with E-state index in [-0.39, 0.29) is 6.61 Å². The molecule has 0 radical (unpaired) electrons.